The quantitative estimate of drug-likeness (QED) is 0.849. The van der Waals surface area contributed by atoms with Crippen molar-refractivity contribution in [2.75, 3.05) is 19.6 Å². The van der Waals surface area contributed by atoms with Crippen LogP contribution in [0.1, 0.15) is 32.4 Å². The van der Waals surface area contributed by atoms with Crippen LogP contribution in [0.2, 0.25) is 10.0 Å². The van der Waals surface area contributed by atoms with E-state index in [4.69, 9.17) is 27.9 Å². The Bertz CT molecular complexity index is 529. The van der Waals surface area contributed by atoms with Crippen LogP contribution in [0.5, 0.6) is 0 Å². The van der Waals surface area contributed by atoms with E-state index in [1.807, 2.05) is 32.9 Å². The summed E-state index contributed by atoms with van der Waals surface area (Å²) in [6, 6.07) is 5.49. The number of nitrogens with one attached hydrogen (secondary N) is 1. The summed E-state index contributed by atoms with van der Waals surface area (Å²) in [7, 11) is 0. The third kappa shape index (κ3) is 4.25. The van der Waals surface area contributed by atoms with Crippen molar-refractivity contribution in [1.29, 1.82) is 0 Å². The third-order valence-corrected chi connectivity index (χ3v) is 4.02. The molecule has 0 aliphatic carbocycles. The second-order valence-electron chi connectivity index (χ2n) is 6.08. The number of hydrogen-bond donors (Lipinski definition) is 1. The van der Waals surface area contributed by atoms with Crippen molar-refractivity contribution >= 4 is 29.3 Å². The number of carbonyl (C=O) groups is 1. The summed E-state index contributed by atoms with van der Waals surface area (Å²) >= 11 is 12.3. The lowest BCUT2D eigenvalue weighted by Crippen LogP contribution is -2.49. The highest BCUT2D eigenvalue weighted by Crippen LogP contribution is 2.31. The summed E-state index contributed by atoms with van der Waals surface area (Å²) in [5.74, 6) is 0. The maximum absolute atomic E-state index is 12.2. The summed E-state index contributed by atoms with van der Waals surface area (Å²) in [6.07, 6.45) is -0.299. The van der Waals surface area contributed by atoms with Gasteiger partial charge in [-0.05, 0) is 32.4 Å². The number of nitrogens with zero attached hydrogens (tertiary/aromatic N) is 1. The molecule has 1 aromatic rings. The number of rotatable bonds is 1. The standard InChI is InChI=1S/C15H20Cl2N2O2/c1-15(2,3)21-14(20)19-8-7-18-12(9-19)10-5-4-6-11(16)13(10)17/h4-6,12,18H,7-9H2,1-3H3/t12-/m1/s1. The first kappa shape index (κ1) is 16.4. The van der Waals surface area contributed by atoms with Gasteiger partial charge in [0, 0.05) is 19.6 Å². The van der Waals surface area contributed by atoms with Crippen LogP contribution in [0, 0.1) is 0 Å². The van der Waals surface area contributed by atoms with Crippen molar-refractivity contribution in [3.63, 3.8) is 0 Å². The van der Waals surface area contributed by atoms with E-state index in [2.05, 4.69) is 5.32 Å². The van der Waals surface area contributed by atoms with Gasteiger partial charge in [0.15, 0.2) is 0 Å². The molecule has 1 aliphatic heterocycles. The van der Waals surface area contributed by atoms with E-state index in [1.165, 1.54) is 0 Å². The lowest BCUT2D eigenvalue weighted by atomic mass is 10.0. The fraction of sp³-hybridized carbons (Fsp3) is 0.533. The Morgan fingerprint density at radius 2 is 2.10 bits per heavy atom. The van der Waals surface area contributed by atoms with Gasteiger partial charge in [0.1, 0.15) is 5.60 Å². The number of carbonyl (C=O) groups excluding carboxylic acids is 1. The van der Waals surface area contributed by atoms with Gasteiger partial charge in [-0.1, -0.05) is 35.3 Å². The Hall–Kier alpha value is -0.970. The number of halogens is 2. The smallest absolute Gasteiger partial charge is 0.410 e. The SMILES string of the molecule is CC(C)(C)OC(=O)N1CCN[C@@H](c2cccc(Cl)c2Cl)C1. The summed E-state index contributed by atoms with van der Waals surface area (Å²) < 4.78 is 5.42. The molecule has 1 N–H and O–H groups in total. The van der Waals surface area contributed by atoms with Gasteiger partial charge < -0.3 is 15.0 Å². The van der Waals surface area contributed by atoms with Crippen LogP contribution in [0.15, 0.2) is 18.2 Å². The van der Waals surface area contributed by atoms with Crippen LogP contribution in [-0.4, -0.2) is 36.2 Å². The average Bonchev–Trinajstić information content (AvgIpc) is 2.40. The molecule has 0 saturated carbocycles. The summed E-state index contributed by atoms with van der Waals surface area (Å²) in [5.41, 5.74) is 0.406. The van der Waals surface area contributed by atoms with Gasteiger partial charge >= 0.3 is 6.09 Å². The van der Waals surface area contributed by atoms with E-state index < -0.39 is 5.60 Å². The van der Waals surface area contributed by atoms with Crippen LogP contribution in [0.3, 0.4) is 0 Å². The predicted molar refractivity (Wildman–Crippen MR) is 85.0 cm³/mol. The fourth-order valence-electron chi connectivity index (χ4n) is 2.24. The Balaban J connectivity index is 2.10. The van der Waals surface area contributed by atoms with E-state index >= 15 is 0 Å². The Morgan fingerprint density at radius 3 is 2.76 bits per heavy atom. The highest BCUT2D eigenvalue weighted by Gasteiger charge is 2.29. The van der Waals surface area contributed by atoms with Crippen molar-refractivity contribution in [2.24, 2.45) is 0 Å². The van der Waals surface area contributed by atoms with Gasteiger partial charge in [0.2, 0.25) is 0 Å². The third-order valence-electron chi connectivity index (χ3n) is 3.18. The molecular weight excluding hydrogens is 311 g/mol. The molecule has 1 heterocycles. The van der Waals surface area contributed by atoms with Gasteiger partial charge in [0.05, 0.1) is 16.1 Å². The molecule has 21 heavy (non-hydrogen) atoms. The average molecular weight is 331 g/mol. The zero-order valence-corrected chi connectivity index (χ0v) is 14.0. The first-order chi connectivity index (χ1) is 9.78. The van der Waals surface area contributed by atoms with E-state index in [0.717, 1.165) is 5.56 Å². The van der Waals surface area contributed by atoms with Crippen molar-refractivity contribution in [2.45, 2.75) is 32.4 Å². The molecule has 116 valence electrons. The zero-order chi connectivity index (χ0) is 15.6. The maximum atomic E-state index is 12.2. The van der Waals surface area contributed by atoms with E-state index in [1.54, 1.807) is 11.0 Å². The number of amides is 1. The van der Waals surface area contributed by atoms with E-state index in [-0.39, 0.29) is 12.1 Å². The van der Waals surface area contributed by atoms with Crippen LogP contribution in [-0.2, 0) is 4.74 Å². The molecule has 1 saturated heterocycles. The predicted octanol–water partition coefficient (Wildman–Crippen LogP) is 3.87. The summed E-state index contributed by atoms with van der Waals surface area (Å²) in [6.45, 7) is 7.39. The molecule has 0 spiro atoms. The van der Waals surface area contributed by atoms with Crippen LogP contribution < -0.4 is 5.32 Å². The van der Waals surface area contributed by atoms with Gasteiger partial charge in [-0.3, -0.25) is 0 Å². The minimum absolute atomic E-state index is 0.0440. The monoisotopic (exact) mass is 330 g/mol. The largest absolute Gasteiger partial charge is 0.444 e. The van der Waals surface area contributed by atoms with Crippen molar-refractivity contribution in [3.05, 3.63) is 33.8 Å². The van der Waals surface area contributed by atoms with Crippen LogP contribution in [0.4, 0.5) is 4.79 Å². The molecule has 1 amide bonds. The lowest BCUT2D eigenvalue weighted by molar-refractivity contribution is 0.0195. The fourth-order valence-corrected chi connectivity index (χ4v) is 2.68. The molecule has 0 bridgehead atoms. The van der Waals surface area contributed by atoms with Gasteiger partial charge in [-0.15, -0.1) is 0 Å². The second-order valence-corrected chi connectivity index (χ2v) is 6.86. The molecular formula is C15H20Cl2N2O2. The molecule has 1 aromatic carbocycles. The van der Waals surface area contributed by atoms with Crippen LogP contribution in [0.25, 0.3) is 0 Å². The Morgan fingerprint density at radius 1 is 1.38 bits per heavy atom. The van der Waals surface area contributed by atoms with E-state index in [9.17, 15) is 4.79 Å². The summed E-state index contributed by atoms with van der Waals surface area (Å²) in [5, 5.41) is 4.41. The molecule has 0 unspecified atom stereocenters. The second kappa shape index (κ2) is 6.42. The minimum Gasteiger partial charge on any atom is -0.444 e. The first-order valence-corrected chi connectivity index (χ1v) is 7.69. The lowest BCUT2D eigenvalue weighted by Gasteiger charge is -2.35. The van der Waals surface area contributed by atoms with E-state index in [0.29, 0.717) is 29.7 Å². The molecule has 0 radical (unpaired) electrons. The molecule has 1 fully saturated rings. The maximum Gasteiger partial charge on any atom is 0.410 e. The Kier molecular flexibility index (Phi) is 5.02. The molecule has 4 nitrogen and oxygen atoms in total. The molecule has 1 aliphatic rings. The molecule has 0 aromatic heterocycles. The van der Waals surface area contributed by atoms with Gasteiger partial charge in [-0.2, -0.15) is 0 Å². The normalized spacial score (nSPS) is 19.5. The minimum atomic E-state index is -0.495. The molecule has 6 heteroatoms. The van der Waals surface area contributed by atoms with Crippen molar-refractivity contribution in [1.82, 2.24) is 10.2 Å². The molecule has 1 atom stereocenters. The number of ether oxygens (including phenoxy) is 1. The molecule has 2 rings (SSSR count). The number of piperazine rings is 1. The summed E-state index contributed by atoms with van der Waals surface area (Å²) in [4.78, 5) is 13.9. The number of hydrogen-bond acceptors (Lipinski definition) is 3. The highest BCUT2D eigenvalue weighted by atomic mass is 35.5. The first-order valence-electron chi connectivity index (χ1n) is 6.93. The van der Waals surface area contributed by atoms with Crippen LogP contribution >= 0.6 is 23.2 Å². The highest BCUT2D eigenvalue weighted by molar-refractivity contribution is 6.42. The van der Waals surface area contributed by atoms with Crippen molar-refractivity contribution in [3.8, 4) is 0 Å². The van der Waals surface area contributed by atoms with Gasteiger partial charge in [-0.25, -0.2) is 4.79 Å². The zero-order valence-electron chi connectivity index (χ0n) is 12.5. The van der Waals surface area contributed by atoms with Gasteiger partial charge in [0.25, 0.3) is 0 Å². The Labute approximate surface area is 135 Å². The van der Waals surface area contributed by atoms with Crippen molar-refractivity contribution < 1.29 is 9.53 Å². The number of benzene rings is 1. The topological polar surface area (TPSA) is 41.6 Å².